The van der Waals surface area contributed by atoms with Crippen molar-refractivity contribution in [1.29, 1.82) is 0 Å². The number of hydrogen-bond acceptors (Lipinski definition) is 2. The van der Waals surface area contributed by atoms with Crippen molar-refractivity contribution in [2.45, 2.75) is 19.4 Å². The number of benzene rings is 1. The molecule has 0 aromatic heterocycles. The number of hydrogen-bond donors (Lipinski definition) is 2. The second kappa shape index (κ2) is 5.82. The highest BCUT2D eigenvalue weighted by molar-refractivity contribution is 6.30. The smallest absolute Gasteiger partial charge is 0.325 e. The maximum Gasteiger partial charge on any atom is 0.325 e. The molecule has 1 rings (SSSR count). The predicted octanol–water partition coefficient (Wildman–Crippen LogP) is 2.60. The van der Waals surface area contributed by atoms with Gasteiger partial charge in [-0.25, -0.2) is 4.39 Å². The van der Waals surface area contributed by atoms with E-state index in [2.05, 4.69) is 5.32 Å². The molecule has 2 N–H and O–H groups in total. The SMILES string of the molecule is CCCNC(C(=O)O)c1cc(F)cc(Cl)c1. The lowest BCUT2D eigenvalue weighted by Crippen LogP contribution is -2.29. The maximum atomic E-state index is 13.1. The van der Waals surface area contributed by atoms with Crippen molar-refractivity contribution in [2.24, 2.45) is 0 Å². The lowest BCUT2D eigenvalue weighted by atomic mass is 10.1. The zero-order valence-electron chi connectivity index (χ0n) is 8.84. The molecule has 16 heavy (non-hydrogen) atoms. The molecule has 1 atom stereocenters. The fourth-order valence-electron chi connectivity index (χ4n) is 1.38. The monoisotopic (exact) mass is 245 g/mol. The molecule has 5 heteroatoms. The minimum absolute atomic E-state index is 0.194. The van der Waals surface area contributed by atoms with Crippen molar-refractivity contribution < 1.29 is 14.3 Å². The van der Waals surface area contributed by atoms with Crippen LogP contribution in [0.5, 0.6) is 0 Å². The second-order valence-corrected chi connectivity index (χ2v) is 3.86. The van der Waals surface area contributed by atoms with Gasteiger partial charge >= 0.3 is 5.97 Å². The Hall–Kier alpha value is -1.13. The molecule has 0 spiro atoms. The Kier molecular flexibility index (Phi) is 4.71. The van der Waals surface area contributed by atoms with Crippen LogP contribution >= 0.6 is 11.6 Å². The molecule has 0 saturated heterocycles. The van der Waals surface area contributed by atoms with Gasteiger partial charge in [0.25, 0.3) is 0 Å². The van der Waals surface area contributed by atoms with Gasteiger partial charge < -0.3 is 10.4 Å². The first-order chi connectivity index (χ1) is 7.54. The molecule has 1 aromatic carbocycles. The summed E-state index contributed by atoms with van der Waals surface area (Å²) in [6, 6.07) is 2.84. The lowest BCUT2D eigenvalue weighted by Gasteiger charge is -2.14. The van der Waals surface area contributed by atoms with Crippen molar-refractivity contribution in [1.82, 2.24) is 5.32 Å². The van der Waals surface area contributed by atoms with Gasteiger partial charge in [-0.05, 0) is 36.7 Å². The van der Waals surface area contributed by atoms with Crippen molar-refractivity contribution in [3.8, 4) is 0 Å². The molecule has 3 nitrogen and oxygen atoms in total. The van der Waals surface area contributed by atoms with E-state index < -0.39 is 17.8 Å². The van der Waals surface area contributed by atoms with Crippen LogP contribution in [0.3, 0.4) is 0 Å². The van der Waals surface area contributed by atoms with E-state index in [0.29, 0.717) is 12.1 Å². The quantitative estimate of drug-likeness (QED) is 0.838. The summed E-state index contributed by atoms with van der Waals surface area (Å²) in [5.41, 5.74) is 0.325. The van der Waals surface area contributed by atoms with Crippen LogP contribution in [-0.4, -0.2) is 17.6 Å². The lowest BCUT2D eigenvalue weighted by molar-refractivity contribution is -0.139. The summed E-state index contributed by atoms with van der Waals surface area (Å²) in [6.45, 7) is 2.47. The van der Waals surface area contributed by atoms with Gasteiger partial charge in [0.15, 0.2) is 0 Å². The summed E-state index contributed by atoms with van der Waals surface area (Å²) < 4.78 is 13.1. The van der Waals surface area contributed by atoms with Gasteiger partial charge in [0.2, 0.25) is 0 Å². The molecular formula is C11H13ClFNO2. The van der Waals surface area contributed by atoms with Crippen LogP contribution in [0.1, 0.15) is 24.9 Å². The fourth-order valence-corrected chi connectivity index (χ4v) is 1.61. The molecule has 0 aliphatic carbocycles. The highest BCUT2D eigenvalue weighted by Crippen LogP contribution is 2.20. The molecule has 0 radical (unpaired) electrons. The molecule has 0 aliphatic heterocycles. The third kappa shape index (κ3) is 3.47. The van der Waals surface area contributed by atoms with E-state index in [1.165, 1.54) is 12.1 Å². The Balaban J connectivity index is 2.96. The molecule has 0 bridgehead atoms. The molecule has 0 amide bonds. The Morgan fingerprint density at radius 2 is 2.25 bits per heavy atom. The average molecular weight is 246 g/mol. The number of carboxylic acid groups (broad SMARTS) is 1. The molecule has 0 heterocycles. The van der Waals surface area contributed by atoms with E-state index in [1.807, 2.05) is 6.92 Å². The number of rotatable bonds is 5. The van der Waals surface area contributed by atoms with Gasteiger partial charge in [0, 0.05) is 5.02 Å². The van der Waals surface area contributed by atoms with Gasteiger partial charge in [-0.15, -0.1) is 0 Å². The van der Waals surface area contributed by atoms with Crippen LogP contribution in [0.4, 0.5) is 4.39 Å². The van der Waals surface area contributed by atoms with E-state index in [-0.39, 0.29) is 5.02 Å². The van der Waals surface area contributed by atoms with E-state index in [4.69, 9.17) is 16.7 Å². The van der Waals surface area contributed by atoms with E-state index >= 15 is 0 Å². The largest absolute Gasteiger partial charge is 0.480 e. The average Bonchev–Trinajstić information content (AvgIpc) is 2.16. The van der Waals surface area contributed by atoms with Crippen molar-refractivity contribution in [2.75, 3.05) is 6.54 Å². The summed E-state index contributed by atoms with van der Waals surface area (Å²) in [7, 11) is 0. The first-order valence-corrected chi connectivity index (χ1v) is 5.34. The molecular weight excluding hydrogens is 233 g/mol. The topological polar surface area (TPSA) is 49.3 Å². The Morgan fingerprint density at radius 3 is 2.75 bits per heavy atom. The minimum atomic E-state index is -1.05. The molecule has 0 aliphatic rings. The number of aliphatic carboxylic acids is 1. The minimum Gasteiger partial charge on any atom is -0.480 e. The van der Waals surface area contributed by atoms with Gasteiger partial charge in [-0.1, -0.05) is 18.5 Å². The van der Waals surface area contributed by atoms with Crippen LogP contribution in [0.25, 0.3) is 0 Å². The second-order valence-electron chi connectivity index (χ2n) is 3.43. The first kappa shape index (κ1) is 12.9. The van der Waals surface area contributed by atoms with Crippen LogP contribution in [-0.2, 0) is 4.79 Å². The Morgan fingerprint density at radius 1 is 1.56 bits per heavy atom. The standard InChI is InChI=1S/C11H13ClFNO2/c1-2-3-14-10(11(15)16)7-4-8(12)6-9(13)5-7/h4-6,10,14H,2-3H2,1H3,(H,15,16). The highest BCUT2D eigenvalue weighted by Gasteiger charge is 2.19. The van der Waals surface area contributed by atoms with Gasteiger partial charge in [0.1, 0.15) is 11.9 Å². The van der Waals surface area contributed by atoms with Gasteiger partial charge in [-0.3, -0.25) is 4.79 Å². The van der Waals surface area contributed by atoms with Crippen LogP contribution in [0, 0.1) is 5.82 Å². The van der Waals surface area contributed by atoms with Crippen molar-refractivity contribution in [3.05, 3.63) is 34.6 Å². The van der Waals surface area contributed by atoms with Crippen molar-refractivity contribution in [3.63, 3.8) is 0 Å². The Labute approximate surface area is 98.2 Å². The van der Waals surface area contributed by atoms with Gasteiger partial charge in [0.05, 0.1) is 0 Å². The van der Waals surface area contributed by atoms with Crippen LogP contribution in [0.15, 0.2) is 18.2 Å². The fraction of sp³-hybridized carbons (Fsp3) is 0.364. The number of carbonyl (C=O) groups is 1. The molecule has 0 fully saturated rings. The summed E-state index contributed by atoms with van der Waals surface area (Å²) in [4.78, 5) is 11.0. The summed E-state index contributed by atoms with van der Waals surface area (Å²) >= 11 is 5.67. The van der Waals surface area contributed by atoms with Crippen molar-refractivity contribution >= 4 is 17.6 Å². The third-order valence-electron chi connectivity index (χ3n) is 2.06. The highest BCUT2D eigenvalue weighted by atomic mass is 35.5. The van der Waals surface area contributed by atoms with E-state index in [0.717, 1.165) is 12.5 Å². The van der Waals surface area contributed by atoms with Crippen LogP contribution < -0.4 is 5.32 Å². The molecule has 88 valence electrons. The number of carboxylic acids is 1. The number of nitrogens with one attached hydrogen (secondary N) is 1. The maximum absolute atomic E-state index is 13.1. The first-order valence-electron chi connectivity index (χ1n) is 4.96. The summed E-state index contributed by atoms with van der Waals surface area (Å²) in [6.07, 6.45) is 0.798. The zero-order chi connectivity index (χ0) is 12.1. The summed E-state index contributed by atoms with van der Waals surface area (Å²) in [5.74, 6) is -1.58. The third-order valence-corrected chi connectivity index (χ3v) is 2.28. The van der Waals surface area contributed by atoms with E-state index in [9.17, 15) is 9.18 Å². The molecule has 1 aromatic rings. The predicted molar refractivity (Wildman–Crippen MR) is 60.1 cm³/mol. The van der Waals surface area contributed by atoms with Crippen LogP contribution in [0.2, 0.25) is 5.02 Å². The Bertz CT molecular complexity index is 364. The molecule has 1 unspecified atom stereocenters. The van der Waals surface area contributed by atoms with Gasteiger partial charge in [-0.2, -0.15) is 0 Å². The number of halogens is 2. The molecule has 0 saturated carbocycles. The van der Waals surface area contributed by atoms with E-state index in [1.54, 1.807) is 0 Å². The summed E-state index contributed by atoms with van der Waals surface area (Å²) in [5, 5.41) is 12.0. The normalized spacial score (nSPS) is 12.4. The zero-order valence-corrected chi connectivity index (χ0v) is 9.59.